The molecule has 1 amide bonds. The molecule has 134 valence electrons. The minimum absolute atomic E-state index is 0.130. The third-order valence-electron chi connectivity index (χ3n) is 4.68. The van der Waals surface area contributed by atoms with Gasteiger partial charge in [-0.3, -0.25) is 4.79 Å². The SMILES string of the molecule is CCC1CCC(NC(=O)CN(C)S(=O)(=O)c2ccc(Cl)cc2)CC1. The Hall–Kier alpha value is -1.11. The molecule has 1 aliphatic carbocycles. The molecular weight excluding hydrogens is 348 g/mol. The van der Waals surface area contributed by atoms with Crippen LogP contribution in [0.25, 0.3) is 0 Å². The van der Waals surface area contributed by atoms with Crippen molar-refractivity contribution in [3.8, 4) is 0 Å². The van der Waals surface area contributed by atoms with Crippen LogP contribution in [-0.4, -0.2) is 38.3 Å². The number of rotatable bonds is 6. The second-order valence-corrected chi connectivity index (χ2v) is 8.89. The van der Waals surface area contributed by atoms with Crippen molar-refractivity contribution in [1.29, 1.82) is 0 Å². The van der Waals surface area contributed by atoms with Gasteiger partial charge in [-0.1, -0.05) is 24.9 Å². The van der Waals surface area contributed by atoms with Crippen LogP contribution in [0, 0.1) is 5.92 Å². The van der Waals surface area contributed by atoms with Gasteiger partial charge in [-0.05, 0) is 55.9 Å². The Morgan fingerprint density at radius 1 is 1.21 bits per heavy atom. The summed E-state index contributed by atoms with van der Waals surface area (Å²) in [5.74, 6) is 0.501. The summed E-state index contributed by atoms with van der Waals surface area (Å²) in [7, 11) is -2.28. The number of hydrogen-bond acceptors (Lipinski definition) is 3. The van der Waals surface area contributed by atoms with Crippen molar-refractivity contribution < 1.29 is 13.2 Å². The fourth-order valence-electron chi connectivity index (χ4n) is 3.06. The van der Waals surface area contributed by atoms with E-state index < -0.39 is 10.0 Å². The van der Waals surface area contributed by atoms with Gasteiger partial charge in [0.2, 0.25) is 15.9 Å². The summed E-state index contributed by atoms with van der Waals surface area (Å²) in [6.45, 7) is 2.01. The maximum absolute atomic E-state index is 12.5. The van der Waals surface area contributed by atoms with Crippen LogP contribution < -0.4 is 5.32 Å². The lowest BCUT2D eigenvalue weighted by atomic mass is 9.84. The van der Waals surface area contributed by atoms with Gasteiger partial charge < -0.3 is 5.32 Å². The molecule has 1 fully saturated rings. The van der Waals surface area contributed by atoms with E-state index in [0.29, 0.717) is 5.02 Å². The van der Waals surface area contributed by atoms with E-state index in [-0.39, 0.29) is 23.4 Å². The first kappa shape index (κ1) is 19.2. The number of hydrogen-bond donors (Lipinski definition) is 1. The van der Waals surface area contributed by atoms with Gasteiger partial charge in [0.25, 0.3) is 0 Å². The Balaban J connectivity index is 1.90. The van der Waals surface area contributed by atoms with E-state index >= 15 is 0 Å². The Morgan fingerprint density at radius 3 is 2.33 bits per heavy atom. The van der Waals surface area contributed by atoms with Crippen molar-refractivity contribution in [2.45, 2.75) is 50.0 Å². The zero-order valence-electron chi connectivity index (χ0n) is 14.2. The van der Waals surface area contributed by atoms with E-state index in [4.69, 9.17) is 11.6 Å². The number of nitrogens with zero attached hydrogens (tertiary/aromatic N) is 1. The average molecular weight is 373 g/mol. The van der Waals surface area contributed by atoms with Crippen LogP contribution >= 0.6 is 11.6 Å². The molecule has 1 saturated carbocycles. The number of carbonyl (C=O) groups excluding carboxylic acids is 1. The van der Waals surface area contributed by atoms with Crippen LogP contribution in [0.1, 0.15) is 39.0 Å². The van der Waals surface area contributed by atoms with Gasteiger partial charge in [0.15, 0.2) is 0 Å². The van der Waals surface area contributed by atoms with Gasteiger partial charge >= 0.3 is 0 Å². The molecule has 0 aliphatic heterocycles. The number of sulfonamides is 1. The molecule has 24 heavy (non-hydrogen) atoms. The zero-order valence-corrected chi connectivity index (χ0v) is 15.7. The van der Waals surface area contributed by atoms with Gasteiger partial charge in [0, 0.05) is 18.1 Å². The van der Waals surface area contributed by atoms with Crippen molar-refractivity contribution in [3.05, 3.63) is 29.3 Å². The summed E-state index contributed by atoms with van der Waals surface area (Å²) >= 11 is 5.78. The summed E-state index contributed by atoms with van der Waals surface area (Å²) in [6, 6.07) is 6.09. The third kappa shape index (κ3) is 4.94. The Morgan fingerprint density at radius 2 is 1.79 bits per heavy atom. The average Bonchev–Trinajstić information content (AvgIpc) is 2.55. The highest BCUT2D eigenvalue weighted by Crippen LogP contribution is 2.26. The Kier molecular flexibility index (Phi) is 6.66. The van der Waals surface area contributed by atoms with Crippen molar-refractivity contribution >= 4 is 27.5 Å². The zero-order chi connectivity index (χ0) is 17.7. The van der Waals surface area contributed by atoms with Crippen molar-refractivity contribution in [2.24, 2.45) is 5.92 Å². The lowest BCUT2D eigenvalue weighted by Gasteiger charge is -2.29. The summed E-state index contributed by atoms with van der Waals surface area (Å²) in [5, 5.41) is 3.43. The molecule has 0 unspecified atom stereocenters. The first-order chi connectivity index (χ1) is 11.3. The van der Waals surface area contributed by atoms with E-state index in [9.17, 15) is 13.2 Å². The summed E-state index contributed by atoms with van der Waals surface area (Å²) in [5.41, 5.74) is 0. The summed E-state index contributed by atoms with van der Waals surface area (Å²) in [4.78, 5) is 12.3. The minimum atomic E-state index is -3.69. The largest absolute Gasteiger partial charge is 0.352 e. The maximum Gasteiger partial charge on any atom is 0.243 e. The minimum Gasteiger partial charge on any atom is -0.352 e. The molecule has 0 aromatic heterocycles. The van der Waals surface area contributed by atoms with Gasteiger partial charge in [0.1, 0.15) is 0 Å². The van der Waals surface area contributed by atoms with Crippen LogP contribution in [0.4, 0.5) is 0 Å². The molecule has 0 heterocycles. The molecule has 0 spiro atoms. The lowest BCUT2D eigenvalue weighted by Crippen LogP contribution is -2.43. The first-order valence-corrected chi connectivity index (χ1v) is 10.2. The molecule has 0 radical (unpaired) electrons. The fraction of sp³-hybridized carbons (Fsp3) is 0.588. The molecule has 5 nitrogen and oxygen atoms in total. The first-order valence-electron chi connectivity index (χ1n) is 8.34. The molecule has 1 aromatic carbocycles. The highest BCUT2D eigenvalue weighted by Gasteiger charge is 2.25. The van der Waals surface area contributed by atoms with Gasteiger partial charge in [0.05, 0.1) is 11.4 Å². The Bertz CT molecular complexity index is 653. The number of amides is 1. The van der Waals surface area contributed by atoms with E-state index in [1.54, 1.807) is 0 Å². The molecule has 2 rings (SSSR count). The number of nitrogens with one attached hydrogen (secondary N) is 1. The van der Waals surface area contributed by atoms with E-state index in [1.165, 1.54) is 37.7 Å². The quantitative estimate of drug-likeness (QED) is 0.834. The number of likely N-dealkylation sites (N-methyl/N-ethyl adjacent to an activating group) is 1. The topological polar surface area (TPSA) is 66.5 Å². The molecule has 1 aliphatic rings. The van der Waals surface area contributed by atoms with Gasteiger partial charge in [-0.2, -0.15) is 4.31 Å². The highest BCUT2D eigenvalue weighted by molar-refractivity contribution is 7.89. The molecule has 7 heteroatoms. The predicted molar refractivity (Wildman–Crippen MR) is 95.4 cm³/mol. The van der Waals surface area contributed by atoms with Gasteiger partial charge in [-0.25, -0.2) is 8.42 Å². The molecule has 0 bridgehead atoms. The summed E-state index contributed by atoms with van der Waals surface area (Å²) < 4.78 is 26.0. The normalized spacial score (nSPS) is 21.7. The van der Waals surface area contributed by atoms with E-state index in [2.05, 4.69) is 12.2 Å². The standard InChI is InChI=1S/C17H25ClN2O3S/c1-3-13-4-8-15(9-5-13)19-17(21)12-20(2)24(22,23)16-10-6-14(18)7-11-16/h6-7,10-11,13,15H,3-5,8-9,12H2,1-2H3,(H,19,21). The van der Waals surface area contributed by atoms with Crippen LogP contribution in [0.2, 0.25) is 5.02 Å². The number of halogens is 1. The lowest BCUT2D eigenvalue weighted by molar-refractivity contribution is -0.122. The van der Waals surface area contributed by atoms with Crippen LogP contribution in [0.5, 0.6) is 0 Å². The van der Waals surface area contributed by atoms with Gasteiger partial charge in [-0.15, -0.1) is 0 Å². The summed E-state index contributed by atoms with van der Waals surface area (Å²) in [6.07, 6.45) is 5.37. The van der Waals surface area contributed by atoms with Crippen LogP contribution in [0.15, 0.2) is 29.2 Å². The molecule has 0 atom stereocenters. The smallest absolute Gasteiger partial charge is 0.243 e. The molecular formula is C17H25ClN2O3S. The predicted octanol–water partition coefficient (Wildman–Crippen LogP) is 3.05. The molecule has 1 aromatic rings. The number of carbonyl (C=O) groups is 1. The van der Waals surface area contributed by atoms with E-state index in [0.717, 1.165) is 35.9 Å². The Labute approximate surface area is 149 Å². The van der Waals surface area contributed by atoms with Crippen molar-refractivity contribution in [1.82, 2.24) is 9.62 Å². The van der Waals surface area contributed by atoms with Crippen LogP contribution in [0.3, 0.4) is 0 Å². The monoisotopic (exact) mass is 372 g/mol. The third-order valence-corrected chi connectivity index (χ3v) is 6.75. The second-order valence-electron chi connectivity index (χ2n) is 6.41. The maximum atomic E-state index is 12.5. The van der Waals surface area contributed by atoms with Crippen LogP contribution in [-0.2, 0) is 14.8 Å². The molecule has 1 N–H and O–H groups in total. The van der Waals surface area contributed by atoms with Crippen molar-refractivity contribution in [2.75, 3.05) is 13.6 Å². The number of benzene rings is 1. The van der Waals surface area contributed by atoms with Crippen molar-refractivity contribution in [3.63, 3.8) is 0 Å². The highest BCUT2D eigenvalue weighted by atomic mass is 35.5. The fourth-order valence-corrected chi connectivity index (χ4v) is 4.32. The second kappa shape index (κ2) is 8.32. The van der Waals surface area contributed by atoms with E-state index in [1.807, 2.05) is 0 Å². The molecule has 0 saturated heterocycles.